The molecule has 3 rings (SSSR count). The Hall–Kier alpha value is -1.65. The summed E-state index contributed by atoms with van der Waals surface area (Å²) in [5, 5.41) is 0.642. The molecule has 0 aliphatic rings. The fraction of sp³-hybridized carbons (Fsp3) is 0.188. The van der Waals surface area contributed by atoms with Crippen LogP contribution >= 0.6 is 23.8 Å². The predicted molar refractivity (Wildman–Crippen MR) is 87.1 cm³/mol. The molecule has 0 atom stereocenters. The Morgan fingerprint density at radius 2 is 1.90 bits per heavy atom. The number of hydrogen-bond donors (Lipinski definition) is 1. The molecule has 2 nitrogen and oxygen atoms in total. The van der Waals surface area contributed by atoms with E-state index in [1.807, 2.05) is 34.9 Å². The molecular formula is C16H14ClFN2S. The van der Waals surface area contributed by atoms with Gasteiger partial charge in [0.05, 0.1) is 22.6 Å². The predicted octanol–water partition coefficient (Wildman–Crippen LogP) is 5.16. The van der Waals surface area contributed by atoms with Crippen molar-refractivity contribution in [2.24, 2.45) is 0 Å². The molecule has 2 aromatic carbocycles. The van der Waals surface area contributed by atoms with Crippen molar-refractivity contribution in [3.63, 3.8) is 0 Å². The van der Waals surface area contributed by atoms with E-state index in [0.717, 1.165) is 16.6 Å². The second kappa shape index (κ2) is 5.28. The molecule has 0 spiro atoms. The first kappa shape index (κ1) is 14.3. The molecule has 21 heavy (non-hydrogen) atoms. The van der Waals surface area contributed by atoms with Crippen molar-refractivity contribution in [1.82, 2.24) is 9.55 Å². The van der Waals surface area contributed by atoms with E-state index in [1.165, 1.54) is 0 Å². The zero-order chi connectivity index (χ0) is 15.1. The Balaban J connectivity index is 2.13. The average molecular weight is 321 g/mol. The average Bonchev–Trinajstić information content (AvgIpc) is 2.75. The molecule has 0 aliphatic carbocycles. The number of hydrogen-bond acceptors (Lipinski definition) is 1. The molecule has 0 radical (unpaired) electrons. The first-order valence-electron chi connectivity index (χ1n) is 6.60. The van der Waals surface area contributed by atoms with Gasteiger partial charge < -0.3 is 9.55 Å². The van der Waals surface area contributed by atoms with E-state index in [9.17, 15) is 4.39 Å². The van der Waals surface area contributed by atoms with Crippen molar-refractivity contribution in [2.75, 3.05) is 0 Å². The van der Waals surface area contributed by atoms with Gasteiger partial charge in [-0.05, 0) is 54.9 Å². The third-order valence-corrected chi connectivity index (χ3v) is 4.23. The minimum Gasteiger partial charge on any atom is -0.329 e. The highest BCUT2D eigenvalue weighted by Gasteiger charge is 2.09. The Bertz CT molecular complexity index is 872. The van der Waals surface area contributed by atoms with Crippen LogP contribution in [0.5, 0.6) is 0 Å². The molecule has 5 heteroatoms. The highest BCUT2D eigenvalue weighted by Crippen LogP contribution is 2.24. The van der Waals surface area contributed by atoms with Crippen LogP contribution in [0.1, 0.15) is 16.7 Å². The third-order valence-electron chi connectivity index (χ3n) is 3.60. The lowest BCUT2D eigenvalue weighted by Gasteiger charge is -2.09. The number of halogens is 2. The smallest absolute Gasteiger partial charge is 0.178 e. The van der Waals surface area contributed by atoms with Crippen molar-refractivity contribution in [1.29, 1.82) is 0 Å². The van der Waals surface area contributed by atoms with Gasteiger partial charge >= 0.3 is 0 Å². The number of rotatable bonds is 2. The van der Waals surface area contributed by atoms with Gasteiger partial charge in [-0.15, -0.1) is 0 Å². The van der Waals surface area contributed by atoms with Gasteiger partial charge in [0.1, 0.15) is 5.82 Å². The Kier molecular flexibility index (Phi) is 3.59. The zero-order valence-electron chi connectivity index (χ0n) is 11.7. The Morgan fingerprint density at radius 3 is 2.57 bits per heavy atom. The molecule has 1 aromatic heterocycles. The summed E-state index contributed by atoms with van der Waals surface area (Å²) in [5.74, 6) is -0.149. The van der Waals surface area contributed by atoms with Crippen LogP contribution in [0.3, 0.4) is 0 Å². The largest absolute Gasteiger partial charge is 0.329 e. The lowest BCUT2D eigenvalue weighted by atomic mass is 10.1. The number of H-pyrrole nitrogens is 1. The molecule has 0 amide bonds. The number of para-hydroxylation sites is 1. The molecule has 0 saturated heterocycles. The number of benzene rings is 2. The summed E-state index contributed by atoms with van der Waals surface area (Å²) in [5.41, 5.74) is 4.10. The van der Waals surface area contributed by atoms with Crippen LogP contribution < -0.4 is 0 Å². The van der Waals surface area contributed by atoms with Crippen molar-refractivity contribution < 1.29 is 4.39 Å². The normalized spacial score (nSPS) is 11.2. The molecule has 108 valence electrons. The zero-order valence-corrected chi connectivity index (χ0v) is 13.3. The summed E-state index contributed by atoms with van der Waals surface area (Å²) in [6.07, 6.45) is 0. The van der Waals surface area contributed by atoms with Crippen molar-refractivity contribution in [3.8, 4) is 0 Å². The van der Waals surface area contributed by atoms with Crippen LogP contribution in [0.25, 0.3) is 11.0 Å². The number of nitrogens with one attached hydrogen (secondary N) is 1. The monoisotopic (exact) mass is 320 g/mol. The van der Waals surface area contributed by atoms with E-state index in [-0.39, 0.29) is 5.82 Å². The molecule has 1 N–H and O–H groups in total. The fourth-order valence-electron chi connectivity index (χ4n) is 2.61. The summed E-state index contributed by atoms with van der Waals surface area (Å²) >= 11 is 11.6. The van der Waals surface area contributed by atoms with Crippen LogP contribution in [-0.4, -0.2) is 9.55 Å². The summed E-state index contributed by atoms with van der Waals surface area (Å²) in [6.45, 7) is 4.13. The molecular weight excluding hydrogens is 307 g/mol. The number of imidazole rings is 1. The van der Waals surface area contributed by atoms with Crippen LogP contribution in [0.4, 0.5) is 4.39 Å². The molecule has 0 bridgehead atoms. The number of aromatic amines is 1. The number of aromatic nitrogens is 2. The lowest BCUT2D eigenvalue weighted by Crippen LogP contribution is -2.02. The van der Waals surface area contributed by atoms with E-state index in [4.69, 9.17) is 23.8 Å². The molecule has 0 aliphatic heterocycles. The number of aryl methyl sites for hydroxylation is 2. The number of nitrogens with zero attached hydrogens (tertiary/aromatic N) is 1. The highest BCUT2D eigenvalue weighted by atomic mass is 35.5. The van der Waals surface area contributed by atoms with Gasteiger partial charge in [-0.2, -0.15) is 0 Å². The van der Waals surface area contributed by atoms with Gasteiger partial charge in [0.25, 0.3) is 0 Å². The molecule has 3 aromatic rings. The van der Waals surface area contributed by atoms with Gasteiger partial charge in [0, 0.05) is 0 Å². The van der Waals surface area contributed by atoms with Gasteiger partial charge in [-0.25, -0.2) is 4.39 Å². The van der Waals surface area contributed by atoms with Gasteiger partial charge in [0.15, 0.2) is 4.77 Å². The molecule has 1 heterocycles. The summed E-state index contributed by atoms with van der Waals surface area (Å²) in [6, 6.07) is 9.40. The van der Waals surface area contributed by atoms with E-state index < -0.39 is 0 Å². The van der Waals surface area contributed by atoms with Gasteiger partial charge in [-0.1, -0.05) is 29.8 Å². The Labute approximate surface area is 132 Å². The van der Waals surface area contributed by atoms with Crippen LogP contribution in [-0.2, 0) is 6.54 Å². The maximum absolute atomic E-state index is 13.7. The van der Waals surface area contributed by atoms with Crippen LogP contribution in [0.2, 0.25) is 5.02 Å². The van der Waals surface area contributed by atoms with Crippen molar-refractivity contribution in [3.05, 3.63) is 62.6 Å². The maximum Gasteiger partial charge on any atom is 0.178 e. The Morgan fingerprint density at radius 1 is 1.24 bits per heavy atom. The third kappa shape index (κ3) is 2.49. The minimum absolute atomic E-state index is 0.149. The second-order valence-corrected chi connectivity index (χ2v) is 5.99. The lowest BCUT2D eigenvalue weighted by molar-refractivity contribution is 0.607. The second-order valence-electron chi connectivity index (χ2n) is 5.19. The quantitative estimate of drug-likeness (QED) is 0.647. The summed E-state index contributed by atoms with van der Waals surface area (Å²) in [7, 11) is 0. The standard InChI is InChI=1S/C16H14ClFN2S/c1-9-6-11(7-10(2)14(9)18)8-20-13-5-3-4-12(17)15(13)19-16(20)21/h3-7H,8H2,1-2H3,(H,19,21). The SMILES string of the molecule is Cc1cc(Cn2c(=S)[nH]c3c(Cl)cccc32)cc(C)c1F. The summed E-state index contributed by atoms with van der Waals surface area (Å²) < 4.78 is 16.3. The highest BCUT2D eigenvalue weighted by molar-refractivity contribution is 7.71. The first-order valence-corrected chi connectivity index (χ1v) is 7.38. The van der Waals surface area contributed by atoms with E-state index in [2.05, 4.69) is 4.98 Å². The van der Waals surface area contributed by atoms with Crippen LogP contribution in [0.15, 0.2) is 30.3 Å². The number of fused-ring (bicyclic) bond motifs is 1. The van der Waals surface area contributed by atoms with Crippen LogP contribution in [0, 0.1) is 24.4 Å². The summed E-state index contributed by atoms with van der Waals surface area (Å²) in [4.78, 5) is 3.13. The fourth-order valence-corrected chi connectivity index (χ4v) is 3.09. The minimum atomic E-state index is -0.149. The van der Waals surface area contributed by atoms with E-state index in [1.54, 1.807) is 13.8 Å². The molecule has 0 fully saturated rings. The van der Waals surface area contributed by atoms with E-state index in [0.29, 0.717) is 27.5 Å². The molecule has 0 saturated carbocycles. The first-order chi connectivity index (χ1) is 9.97. The maximum atomic E-state index is 13.7. The van der Waals surface area contributed by atoms with Crippen molar-refractivity contribution >= 4 is 34.9 Å². The van der Waals surface area contributed by atoms with E-state index >= 15 is 0 Å². The van der Waals surface area contributed by atoms with Crippen molar-refractivity contribution in [2.45, 2.75) is 20.4 Å². The topological polar surface area (TPSA) is 20.7 Å². The van der Waals surface area contributed by atoms with Gasteiger partial charge in [0.2, 0.25) is 0 Å². The molecule has 0 unspecified atom stereocenters. The van der Waals surface area contributed by atoms with Gasteiger partial charge in [-0.3, -0.25) is 0 Å².